The molecule has 2 rings (SSSR count). The van der Waals surface area contributed by atoms with Crippen molar-refractivity contribution in [2.24, 2.45) is 0 Å². The largest absolute Gasteiger partial charge is 0.490 e. The number of ether oxygens (including phenoxy) is 2. The molecule has 114 valence electrons. The van der Waals surface area contributed by atoms with Gasteiger partial charge in [0, 0.05) is 11.6 Å². The fourth-order valence-corrected chi connectivity index (χ4v) is 1.82. The summed E-state index contributed by atoms with van der Waals surface area (Å²) in [5, 5.41) is 11.0. The van der Waals surface area contributed by atoms with E-state index in [2.05, 4.69) is 0 Å². The third-order valence-corrected chi connectivity index (χ3v) is 2.95. The summed E-state index contributed by atoms with van der Waals surface area (Å²) in [5.41, 5.74) is 1.13. The minimum absolute atomic E-state index is 0.114. The number of carbonyl (C=O) groups is 1. The fraction of sp³-hybridized carbons (Fsp3) is 0.188. The second-order valence-electron chi connectivity index (χ2n) is 4.61. The predicted octanol–water partition coefficient (Wildman–Crippen LogP) is 3.17. The maximum atomic E-state index is 11.0. The molecule has 0 amide bonds. The lowest BCUT2D eigenvalue weighted by molar-refractivity contribution is -0.385. The minimum Gasteiger partial charge on any atom is -0.490 e. The zero-order valence-electron chi connectivity index (χ0n) is 12.0. The molecule has 0 fully saturated rings. The first-order valence-corrected chi connectivity index (χ1v) is 6.66. The molecule has 0 heterocycles. The van der Waals surface area contributed by atoms with Crippen LogP contribution in [0.1, 0.15) is 15.9 Å². The second-order valence-corrected chi connectivity index (χ2v) is 4.61. The molecule has 0 saturated carbocycles. The number of hydrogen-bond donors (Lipinski definition) is 0. The summed E-state index contributed by atoms with van der Waals surface area (Å²) in [7, 11) is 0. The van der Waals surface area contributed by atoms with Crippen LogP contribution in [0.2, 0.25) is 0 Å². The average Bonchev–Trinajstić information content (AvgIpc) is 2.53. The molecule has 0 unspecified atom stereocenters. The lowest BCUT2D eigenvalue weighted by atomic mass is 10.2. The Kier molecular flexibility index (Phi) is 5.08. The molecule has 2 aromatic rings. The van der Waals surface area contributed by atoms with Gasteiger partial charge in [0.25, 0.3) is 0 Å². The standard InChI is InChI=1S/C16H15NO5/c1-12-2-5-14(6-3-12)21-8-9-22-16-7-4-13(11-18)10-15(16)17(19)20/h2-7,10-11H,8-9H2,1H3. The van der Waals surface area contributed by atoms with E-state index in [1.165, 1.54) is 18.2 Å². The van der Waals surface area contributed by atoms with Crippen molar-refractivity contribution < 1.29 is 19.2 Å². The summed E-state index contributed by atoms with van der Waals surface area (Å²) in [6.45, 7) is 2.40. The van der Waals surface area contributed by atoms with Gasteiger partial charge in [-0.1, -0.05) is 17.7 Å². The SMILES string of the molecule is Cc1ccc(OCCOc2ccc(C=O)cc2[N+](=O)[O-])cc1. The third-order valence-electron chi connectivity index (χ3n) is 2.95. The minimum atomic E-state index is -0.580. The Hall–Kier alpha value is -2.89. The first-order valence-electron chi connectivity index (χ1n) is 6.66. The average molecular weight is 301 g/mol. The van der Waals surface area contributed by atoms with Crippen molar-refractivity contribution in [3.8, 4) is 11.5 Å². The highest BCUT2D eigenvalue weighted by Gasteiger charge is 2.15. The summed E-state index contributed by atoms with van der Waals surface area (Å²) in [6, 6.07) is 11.6. The number of rotatable bonds is 7. The number of carbonyl (C=O) groups excluding carboxylic acids is 1. The Balaban J connectivity index is 1.92. The molecule has 0 aliphatic carbocycles. The normalized spacial score (nSPS) is 10.0. The van der Waals surface area contributed by atoms with E-state index in [1.54, 1.807) is 0 Å². The smallest absolute Gasteiger partial charge is 0.311 e. The van der Waals surface area contributed by atoms with E-state index in [0.717, 1.165) is 5.56 Å². The van der Waals surface area contributed by atoms with Crippen LogP contribution >= 0.6 is 0 Å². The Morgan fingerprint density at radius 1 is 1.09 bits per heavy atom. The monoisotopic (exact) mass is 301 g/mol. The quantitative estimate of drug-likeness (QED) is 0.340. The zero-order chi connectivity index (χ0) is 15.9. The van der Waals surface area contributed by atoms with Gasteiger partial charge in [0.05, 0.1) is 4.92 Å². The molecule has 22 heavy (non-hydrogen) atoms. The Labute approximate surface area is 127 Å². The van der Waals surface area contributed by atoms with E-state index in [0.29, 0.717) is 12.0 Å². The molecular formula is C16H15NO5. The molecule has 0 spiro atoms. The lowest BCUT2D eigenvalue weighted by Crippen LogP contribution is -2.10. The van der Waals surface area contributed by atoms with Gasteiger partial charge in [0.2, 0.25) is 0 Å². The number of nitro groups is 1. The van der Waals surface area contributed by atoms with Crippen LogP contribution in [-0.4, -0.2) is 24.4 Å². The Morgan fingerprint density at radius 2 is 1.77 bits per heavy atom. The van der Waals surface area contributed by atoms with Gasteiger partial charge in [-0.2, -0.15) is 0 Å². The molecule has 0 aliphatic heterocycles. The first-order chi connectivity index (χ1) is 10.6. The molecule has 6 heteroatoms. The van der Waals surface area contributed by atoms with E-state index in [9.17, 15) is 14.9 Å². The molecule has 0 bridgehead atoms. The molecule has 0 aliphatic rings. The lowest BCUT2D eigenvalue weighted by Gasteiger charge is -2.09. The molecule has 0 aromatic heterocycles. The van der Waals surface area contributed by atoms with E-state index in [-0.39, 0.29) is 30.2 Å². The number of hydrogen-bond acceptors (Lipinski definition) is 5. The maximum Gasteiger partial charge on any atom is 0.311 e. The number of nitrogens with zero attached hydrogens (tertiary/aromatic N) is 1. The molecule has 0 N–H and O–H groups in total. The number of aryl methyl sites for hydroxylation is 1. The van der Waals surface area contributed by atoms with Crippen LogP contribution in [0.15, 0.2) is 42.5 Å². The van der Waals surface area contributed by atoms with Crippen molar-refractivity contribution in [2.45, 2.75) is 6.92 Å². The van der Waals surface area contributed by atoms with Crippen LogP contribution in [0.5, 0.6) is 11.5 Å². The van der Waals surface area contributed by atoms with E-state index in [4.69, 9.17) is 9.47 Å². The van der Waals surface area contributed by atoms with E-state index in [1.807, 2.05) is 31.2 Å². The summed E-state index contributed by atoms with van der Waals surface area (Å²) in [6.07, 6.45) is 0.553. The van der Waals surface area contributed by atoms with Crippen LogP contribution in [-0.2, 0) is 0 Å². The molecular weight excluding hydrogens is 286 g/mol. The van der Waals surface area contributed by atoms with Crippen LogP contribution in [0.4, 0.5) is 5.69 Å². The van der Waals surface area contributed by atoms with Gasteiger partial charge < -0.3 is 9.47 Å². The summed E-state index contributed by atoms with van der Waals surface area (Å²) in [5.74, 6) is 0.822. The fourth-order valence-electron chi connectivity index (χ4n) is 1.82. The molecule has 0 atom stereocenters. The Bertz CT molecular complexity index is 667. The van der Waals surface area contributed by atoms with Crippen molar-refractivity contribution in [1.82, 2.24) is 0 Å². The third kappa shape index (κ3) is 4.05. The first kappa shape index (κ1) is 15.5. The summed E-state index contributed by atoms with van der Waals surface area (Å²) >= 11 is 0. The highest BCUT2D eigenvalue weighted by molar-refractivity contribution is 5.77. The Morgan fingerprint density at radius 3 is 2.41 bits per heavy atom. The van der Waals surface area contributed by atoms with Crippen LogP contribution in [0, 0.1) is 17.0 Å². The summed E-state index contributed by atoms with van der Waals surface area (Å²) < 4.78 is 10.8. The predicted molar refractivity (Wildman–Crippen MR) is 80.7 cm³/mol. The highest BCUT2D eigenvalue weighted by atomic mass is 16.6. The van der Waals surface area contributed by atoms with Crippen LogP contribution in [0.3, 0.4) is 0 Å². The van der Waals surface area contributed by atoms with E-state index < -0.39 is 4.92 Å². The topological polar surface area (TPSA) is 78.7 Å². The molecule has 0 saturated heterocycles. The molecule has 0 radical (unpaired) electrons. The van der Waals surface area contributed by atoms with Gasteiger partial charge in [-0.05, 0) is 31.2 Å². The number of nitro benzene ring substituents is 1. The van der Waals surface area contributed by atoms with Crippen LogP contribution < -0.4 is 9.47 Å². The zero-order valence-corrected chi connectivity index (χ0v) is 12.0. The van der Waals surface area contributed by atoms with Gasteiger partial charge >= 0.3 is 5.69 Å². The van der Waals surface area contributed by atoms with Gasteiger partial charge in [-0.15, -0.1) is 0 Å². The molecule has 2 aromatic carbocycles. The van der Waals surface area contributed by atoms with Crippen molar-refractivity contribution in [3.05, 3.63) is 63.7 Å². The number of aldehydes is 1. The van der Waals surface area contributed by atoms with Gasteiger partial charge in [0.1, 0.15) is 25.2 Å². The highest BCUT2D eigenvalue weighted by Crippen LogP contribution is 2.27. The van der Waals surface area contributed by atoms with Gasteiger partial charge in [-0.25, -0.2) is 0 Å². The van der Waals surface area contributed by atoms with Crippen LogP contribution in [0.25, 0.3) is 0 Å². The maximum absolute atomic E-state index is 11.0. The van der Waals surface area contributed by atoms with Gasteiger partial charge in [-0.3, -0.25) is 14.9 Å². The van der Waals surface area contributed by atoms with Crippen molar-refractivity contribution in [1.29, 1.82) is 0 Å². The van der Waals surface area contributed by atoms with E-state index >= 15 is 0 Å². The molecule has 6 nitrogen and oxygen atoms in total. The number of benzene rings is 2. The van der Waals surface area contributed by atoms with Gasteiger partial charge in [0.15, 0.2) is 5.75 Å². The second kappa shape index (κ2) is 7.21. The summed E-state index contributed by atoms with van der Waals surface area (Å²) in [4.78, 5) is 21.0. The van der Waals surface area contributed by atoms with Crippen molar-refractivity contribution >= 4 is 12.0 Å². The van der Waals surface area contributed by atoms with Crippen molar-refractivity contribution in [2.75, 3.05) is 13.2 Å². The van der Waals surface area contributed by atoms with Crippen molar-refractivity contribution in [3.63, 3.8) is 0 Å².